The predicted octanol–water partition coefficient (Wildman–Crippen LogP) is 3.41. The molecule has 2 heterocycles. The molecule has 0 bridgehead atoms. The molecule has 150 valence electrons. The molecule has 6 heteroatoms. The van der Waals surface area contributed by atoms with Gasteiger partial charge in [0, 0.05) is 23.8 Å². The molecule has 1 aliphatic heterocycles. The van der Waals surface area contributed by atoms with Crippen LogP contribution in [0.15, 0.2) is 18.2 Å². The monoisotopic (exact) mass is 384 g/mol. The molecule has 0 radical (unpaired) electrons. The summed E-state index contributed by atoms with van der Waals surface area (Å²) in [5.41, 5.74) is 3.85. The first-order valence-electron chi connectivity index (χ1n) is 10.5. The number of fused-ring (bicyclic) bond motifs is 1. The zero-order valence-corrected chi connectivity index (χ0v) is 16.8. The van der Waals surface area contributed by atoms with Crippen molar-refractivity contribution in [2.75, 3.05) is 19.6 Å². The van der Waals surface area contributed by atoms with Crippen molar-refractivity contribution in [1.82, 2.24) is 20.0 Å². The second kappa shape index (κ2) is 8.03. The summed E-state index contributed by atoms with van der Waals surface area (Å²) in [5.74, 6) is -0.280. The molecule has 5 nitrogen and oxygen atoms in total. The summed E-state index contributed by atoms with van der Waals surface area (Å²) in [4.78, 5) is 15.5. The molecule has 1 aromatic carbocycles. The summed E-state index contributed by atoms with van der Waals surface area (Å²) in [5, 5.41) is 8.03. The number of hydrogen-bond donors (Lipinski definition) is 1. The van der Waals surface area contributed by atoms with Gasteiger partial charge >= 0.3 is 0 Å². The molecule has 1 aliphatic carbocycles. The summed E-state index contributed by atoms with van der Waals surface area (Å²) in [6.07, 6.45) is 5.54. The quantitative estimate of drug-likeness (QED) is 0.859. The minimum absolute atomic E-state index is 0.0122. The van der Waals surface area contributed by atoms with E-state index in [1.807, 2.05) is 17.9 Å². The number of nitrogens with zero attached hydrogens (tertiary/aromatic N) is 3. The molecule has 1 N–H and O–H groups in total. The Kier molecular flexibility index (Phi) is 5.49. The van der Waals surface area contributed by atoms with Crippen LogP contribution in [0.1, 0.15) is 59.9 Å². The third kappa shape index (κ3) is 3.46. The minimum Gasteiger partial charge on any atom is -0.334 e. The number of carbonyl (C=O) groups excluding carboxylic acids is 1. The van der Waals surface area contributed by atoms with Gasteiger partial charge in [-0.05, 0) is 76.2 Å². The Morgan fingerprint density at radius 3 is 2.82 bits per heavy atom. The molecule has 0 spiro atoms. The van der Waals surface area contributed by atoms with Crippen molar-refractivity contribution in [3.05, 3.63) is 46.5 Å². The van der Waals surface area contributed by atoms with E-state index in [0.29, 0.717) is 11.4 Å². The SMILES string of the molecule is CCCN(C(=O)c1nn(-c2ccc(C)cc2F)c2c1CCC2)C1CCNCC1. The van der Waals surface area contributed by atoms with Crippen LogP contribution < -0.4 is 5.32 Å². The van der Waals surface area contributed by atoms with E-state index < -0.39 is 0 Å². The number of nitrogens with one attached hydrogen (secondary N) is 1. The highest BCUT2D eigenvalue weighted by atomic mass is 19.1. The summed E-state index contributed by atoms with van der Waals surface area (Å²) in [7, 11) is 0. The first-order chi connectivity index (χ1) is 13.6. The van der Waals surface area contributed by atoms with Gasteiger partial charge in [0.25, 0.3) is 5.91 Å². The molecular formula is C22H29FN4O. The number of piperidine rings is 1. The van der Waals surface area contributed by atoms with Crippen LogP contribution in [0.25, 0.3) is 5.69 Å². The Labute approximate surface area is 165 Å². The largest absolute Gasteiger partial charge is 0.334 e. The van der Waals surface area contributed by atoms with Gasteiger partial charge in [0.2, 0.25) is 0 Å². The maximum Gasteiger partial charge on any atom is 0.274 e. The van der Waals surface area contributed by atoms with Crippen molar-refractivity contribution in [2.24, 2.45) is 0 Å². The molecule has 0 unspecified atom stereocenters. The second-order valence-electron chi connectivity index (χ2n) is 7.97. The van der Waals surface area contributed by atoms with Gasteiger partial charge in [0.15, 0.2) is 5.69 Å². The van der Waals surface area contributed by atoms with E-state index in [2.05, 4.69) is 17.3 Å². The van der Waals surface area contributed by atoms with Gasteiger partial charge in [0.05, 0.1) is 0 Å². The standard InChI is InChI=1S/C22H29FN4O/c1-3-13-26(16-9-11-24-12-10-16)22(28)21-17-5-4-6-19(17)27(25-21)20-8-7-15(2)14-18(20)23/h7-8,14,16,24H,3-6,9-13H2,1-2H3. The number of hydrogen-bond acceptors (Lipinski definition) is 3. The molecule has 0 saturated carbocycles. The normalized spacial score (nSPS) is 17.0. The summed E-state index contributed by atoms with van der Waals surface area (Å²) >= 11 is 0. The molecular weight excluding hydrogens is 355 g/mol. The van der Waals surface area contributed by atoms with Crippen molar-refractivity contribution in [3.63, 3.8) is 0 Å². The Morgan fingerprint density at radius 1 is 1.32 bits per heavy atom. The lowest BCUT2D eigenvalue weighted by Gasteiger charge is -2.34. The Balaban J connectivity index is 1.72. The van der Waals surface area contributed by atoms with E-state index in [4.69, 9.17) is 0 Å². The van der Waals surface area contributed by atoms with Crippen molar-refractivity contribution in [1.29, 1.82) is 0 Å². The van der Waals surface area contributed by atoms with E-state index in [-0.39, 0.29) is 17.8 Å². The Bertz CT molecular complexity index is 870. The predicted molar refractivity (Wildman–Crippen MR) is 108 cm³/mol. The van der Waals surface area contributed by atoms with Crippen LogP contribution in [0.2, 0.25) is 0 Å². The number of carbonyl (C=O) groups is 1. The van der Waals surface area contributed by atoms with E-state index >= 15 is 0 Å². The lowest BCUT2D eigenvalue weighted by molar-refractivity contribution is 0.0635. The van der Waals surface area contributed by atoms with Gasteiger partial charge in [-0.1, -0.05) is 13.0 Å². The maximum absolute atomic E-state index is 14.6. The first-order valence-corrected chi connectivity index (χ1v) is 10.5. The molecule has 2 aromatic rings. The number of rotatable bonds is 5. The smallest absolute Gasteiger partial charge is 0.274 e. The fraction of sp³-hybridized carbons (Fsp3) is 0.545. The molecule has 1 saturated heterocycles. The average molecular weight is 384 g/mol. The van der Waals surface area contributed by atoms with Crippen molar-refractivity contribution < 1.29 is 9.18 Å². The highest BCUT2D eigenvalue weighted by Crippen LogP contribution is 2.30. The third-order valence-electron chi connectivity index (χ3n) is 5.94. The zero-order valence-electron chi connectivity index (χ0n) is 16.8. The summed E-state index contributed by atoms with van der Waals surface area (Å²) in [6.45, 7) is 6.60. The fourth-order valence-electron chi connectivity index (χ4n) is 4.54. The van der Waals surface area contributed by atoms with Crippen molar-refractivity contribution in [2.45, 2.75) is 58.4 Å². The number of benzene rings is 1. The van der Waals surface area contributed by atoms with Gasteiger partial charge < -0.3 is 10.2 Å². The van der Waals surface area contributed by atoms with Crippen LogP contribution >= 0.6 is 0 Å². The maximum atomic E-state index is 14.6. The molecule has 2 aliphatic rings. The summed E-state index contributed by atoms with van der Waals surface area (Å²) in [6, 6.07) is 5.44. The topological polar surface area (TPSA) is 50.2 Å². The van der Waals surface area contributed by atoms with Crippen LogP contribution in [0, 0.1) is 12.7 Å². The molecule has 1 amide bonds. The van der Waals surface area contributed by atoms with Gasteiger partial charge in [-0.25, -0.2) is 9.07 Å². The number of aryl methyl sites for hydroxylation is 1. The fourth-order valence-corrected chi connectivity index (χ4v) is 4.54. The van der Waals surface area contributed by atoms with Crippen molar-refractivity contribution in [3.8, 4) is 5.69 Å². The van der Waals surface area contributed by atoms with E-state index in [1.165, 1.54) is 6.07 Å². The van der Waals surface area contributed by atoms with Crippen LogP contribution in [0.3, 0.4) is 0 Å². The second-order valence-corrected chi connectivity index (χ2v) is 7.97. The van der Waals surface area contributed by atoms with Crippen LogP contribution in [-0.2, 0) is 12.8 Å². The van der Waals surface area contributed by atoms with Gasteiger partial charge in [0.1, 0.15) is 11.5 Å². The van der Waals surface area contributed by atoms with Crippen LogP contribution in [0.5, 0.6) is 0 Å². The number of amides is 1. The molecule has 1 aromatic heterocycles. The molecule has 4 rings (SSSR count). The lowest BCUT2D eigenvalue weighted by atomic mass is 10.0. The number of halogens is 1. The highest BCUT2D eigenvalue weighted by Gasteiger charge is 2.33. The zero-order chi connectivity index (χ0) is 19.7. The van der Waals surface area contributed by atoms with Crippen molar-refractivity contribution >= 4 is 5.91 Å². The highest BCUT2D eigenvalue weighted by molar-refractivity contribution is 5.94. The van der Waals surface area contributed by atoms with Gasteiger partial charge in [-0.3, -0.25) is 4.79 Å². The minimum atomic E-state index is -0.292. The first kappa shape index (κ1) is 19.1. The Morgan fingerprint density at radius 2 is 2.11 bits per heavy atom. The van der Waals surface area contributed by atoms with Crippen LogP contribution in [-0.4, -0.2) is 46.3 Å². The third-order valence-corrected chi connectivity index (χ3v) is 5.94. The molecule has 1 fully saturated rings. The van der Waals surface area contributed by atoms with Gasteiger partial charge in [-0.2, -0.15) is 5.10 Å². The molecule has 28 heavy (non-hydrogen) atoms. The number of aromatic nitrogens is 2. The summed E-state index contributed by atoms with van der Waals surface area (Å²) < 4.78 is 16.3. The van der Waals surface area contributed by atoms with E-state index in [0.717, 1.165) is 75.0 Å². The molecule has 0 atom stereocenters. The lowest BCUT2D eigenvalue weighted by Crippen LogP contribution is -2.46. The van der Waals surface area contributed by atoms with Crippen LogP contribution in [0.4, 0.5) is 4.39 Å². The Hall–Kier alpha value is -2.21. The average Bonchev–Trinajstić information content (AvgIpc) is 3.29. The van der Waals surface area contributed by atoms with E-state index in [9.17, 15) is 9.18 Å². The van der Waals surface area contributed by atoms with Gasteiger partial charge in [-0.15, -0.1) is 0 Å². The van der Waals surface area contributed by atoms with E-state index in [1.54, 1.807) is 10.7 Å².